The van der Waals surface area contributed by atoms with Crippen molar-refractivity contribution in [1.82, 2.24) is 10.3 Å². The smallest absolute Gasteiger partial charge is 0.298 e. The van der Waals surface area contributed by atoms with Crippen LogP contribution in [0.5, 0.6) is 0 Å². The van der Waals surface area contributed by atoms with Gasteiger partial charge in [0.05, 0.1) is 11.5 Å². The van der Waals surface area contributed by atoms with E-state index in [1.807, 2.05) is 11.0 Å². The molecule has 0 spiro atoms. The van der Waals surface area contributed by atoms with Crippen molar-refractivity contribution in [1.29, 1.82) is 0 Å². The van der Waals surface area contributed by atoms with Crippen LogP contribution in [0.4, 0.5) is 6.01 Å². The summed E-state index contributed by atoms with van der Waals surface area (Å²) in [6.07, 6.45) is 1.88. The minimum absolute atomic E-state index is 0.0453. The van der Waals surface area contributed by atoms with Crippen LogP contribution in [0, 0.1) is 5.92 Å². The van der Waals surface area contributed by atoms with Gasteiger partial charge < -0.3 is 14.6 Å². The van der Waals surface area contributed by atoms with E-state index in [0.717, 1.165) is 5.52 Å². The van der Waals surface area contributed by atoms with Crippen molar-refractivity contribution in [3.63, 3.8) is 0 Å². The Kier molecular flexibility index (Phi) is 4.56. The van der Waals surface area contributed by atoms with Crippen molar-refractivity contribution in [2.24, 2.45) is 5.92 Å². The van der Waals surface area contributed by atoms with Gasteiger partial charge in [0.2, 0.25) is 5.91 Å². The molecular formula is C17H20ClN3O4S. The van der Waals surface area contributed by atoms with Crippen molar-refractivity contribution in [2.45, 2.75) is 25.3 Å². The number of amides is 1. The Balaban J connectivity index is 1.35. The molecule has 1 unspecified atom stereocenters. The summed E-state index contributed by atoms with van der Waals surface area (Å²) in [6, 6.07) is 5.63. The number of halogens is 1. The summed E-state index contributed by atoms with van der Waals surface area (Å²) in [5, 5.41) is 3.50. The van der Waals surface area contributed by atoms with Crippen molar-refractivity contribution in [2.75, 3.05) is 29.5 Å². The van der Waals surface area contributed by atoms with Gasteiger partial charge in [-0.15, -0.1) is 0 Å². The molecule has 26 heavy (non-hydrogen) atoms. The molecule has 0 aliphatic carbocycles. The summed E-state index contributed by atoms with van der Waals surface area (Å²) in [7, 11) is -2.99. The maximum atomic E-state index is 12.4. The summed E-state index contributed by atoms with van der Waals surface area (Å²) in [5.41, 5.74) is 1.40. The first-order valence-corrected chi connectivity index (χ1v) is 10.9. The maximum absolute atomic E-state index is 12.4. The number of anilines is 1. The quantitative estimate of drug-likeness (QED) is 0.851. The van der Waals surface area contributed by atoms with Crippen molar-refractivity contribution < 1.29 is 17.6 Å². The first-order valence-electron chi connectivity index (χ1n) is 8.71. The van der Waals surface area contributed by atoms with Crippen LogP contribution in [0.1, 0.15) is 19.3 Å². The third-order valence-electron chi connectivity index (χ3n) is 5.05. The minimum Gasteiger partial charge on any atom is -0.423 e. The molecule has 2 aromatic rings. The number of carbonyl (C=O) groups is 1. The molecule has 0 bridgehead atoms. The van der Waals surface area contributed by atoms with Gasteiger partial charge in [0.15, 0.2) is 15.4 Å². The zero-order chi connectivity index (χ0) is 18.3. The fourth-order valence-corrected chi connectivity index (χ4v) is 5.42. The molecule has 1 aromatic carbocycles. The number of nitrogens with one attached hydrogen (secondary N) is 1. The second-order valence-corrected chi connectivity index (χ2v) is 9.64. The zero-order valence-electron chi connectivity index (χ0n) is 14.2. The third kappa shape index (κ3) is 3.66. The molecule has 2 aliphatic heterocycles. The number of benzene rings is 1. The highest BCUT2D eigenvalue weighted by Crippen LogP contribution is 2.28. The largest absolute Gasteiger partial charge is 0.423 e. The summed E-state index contributed by atoms with van der Waals surface area (Å²) >= 11 is 5.97. The normalized spacial score (nSPS) is 23.4. The highest BCUT2D eigenvalue weighted by atomic mass is 35.5. The van der Waals surface area contributed by atoms with Gasteiger partial charge in [0.1, 0.15) is 5.52 Å². The number of sulfone groups is 1. The van der Waals surface area contributed by atoms with Crippen LogP contribution in [0.15, 0.2) is 22.6 Å². The number of carbonyl (C=O) groups excluding carboxylic acids is 1. The van der Waals surface area contributed by atoms with E-state index < -0.39 is 9.84 Å². The molecule has 2 saturated heterocycles. The average Bonchev–Trinajstić information content (AvgIpc) is 3.17. The van der Waals surface area contributed by atoms with E-state index in [0.29, 0.717) is 49.0 Å². The van der Waals surface area contributed by atoms with Crippen LogP contribution in [-0.4, -0.2) is 49.9 Å². The van der Waals surface area contributed by atoms with E-state index in [2.05, 4.69) is 10.3 Å². The molecule has 9 heteroatoms. The number of hydrogen-bond acceptors (Lipinski definition) is 6. The van der Waals surface area contributed by atoms with Crippen LogP contribution < -0.4 is 10.2 Å². The predicted molar refractivity (Wildman–Crippen MR) is 99.2 cm³/mol. The highest BCUT2D eigenvalue weighted by molar-refractivity contribution is 7.91. The summed E-state index contributed by atoms with van der Waals surface area (Å²) in [5.74, 6) is 0.0748. The number of nitrogens with zero attached hydrogens (tertiary/aromatic N) is 2. The van der Waals surface area contributed by atoms with Crippen molar-refractivity contribution in [3.8, 4) is 0 Å². The topological polar surface area (TPSA) is 92.5 Å². The van der Waals surface area contributed by atoms with Gasteiger partial charge in [-0.05, 0) is 31.4 Å². The monoisotopic (exact) mass is 397 g/mol. The van der Waals surface area contributed by atoms with Gasteiger partial charge in [-0.25, -0.2) is 8.42 Å². The lowest BCUT2D eigenvalue weighted by Crippen LogP contribution is -2.44. The average molecular weight is 398 g/mol. The van der Waals surface area contributed by atoms with Gasteiger partial charge >= 0.3 is 0 Å². The highest BCUT2D eigenvalue weighted by Gasteiger charge is 2.32. The minimum atomic E-state index is -2.99. The van der Waals surface area contributed by atoms with Gasteiger partial charge in [-0.1, -0.05) is 11.6 Å². The van der Waals surface area contributed by atoms with E-state index in [1.165, 1.54) is 0 Å². The number of piperidine rings is 1. The lowest BCUT2D eigenvalue weighted by molar-refractivity contribution is -0.126. The number of oxazole rings is 1. The molecule has 1 atom stereocenters. The Morgan fingerprint density at radius 2 is 2.04 bits per heavy atom. The Hall–Kier alpha value is -1.80. The molecule has 140 valence electrons. The molecule has 2 fully saturated rings. The first kappa shape index (κ1) is 17.6. The number of aromatic nitrogens is 1. The van der Waals surface area contributed by atoms with E-state index in [1.54, 1.807) is 12.1 Å². The van der Waals surface area contributed by atoms with Gasteiger partial charge in [0.25, 0.3) is 6.01 Å². The van der Waals surface area contributed by atoms with Gasteiger partial charge in [0, 0.05) is 36.1 Å². The molecule has 7 nitrogen and oxygen atoms in total. The second-order valence-electron chi connectivity index (χ2n) is 6.98. The zero-order valence-corrected chi connectivity index (χ0v) is 15.7. The second kappa shape index (κ2) is 6.74. The van der Waals surface area contributed by atoms with Crippen molar-refractivity contribution in [3.05, 3.63) is 23.2 Å². The van der Waals surface area contributed by atoms with Gasteiger partial charge in [-0.2, -0.15) is 4.98 Å². The number of hydrogen-bond donors (Lipinski definition) is 1. The third-order valence-corrected chi connectivity index (χ3v) is 7.06. The molecule has 1 N–H and O–H groups in total. The fourth-order valence-electron chi connectivity index (χ4n) is 3.58. The predicted octanol–water partition coefficient (Wildman–Crippen LogP) is 2.00. The van der Waals surface area contributed by atoms with E-state index >= 15 is 0 Å². The molecule has 0 radical (unpaired) electrons. The van der Waals surface area contributed by atoms with Crippen molar-refractivity contribution >= 4 is 44.5 Å². The lowest BCUT2D eigenvalue weighted by atomic mass is 9.96. The molecule has 2 aliphatic rings. The van der Waals surface area contributed by atoms with Crippen LogP contribution >= 0.6 is 11.6 Å². The lowest BCUT2D eigenvalue weighted by Gasteiger charge is -2.30. The van der Waals surface area contributed by atoms with E-state index in [-0.39, 0.29) is 29.4 Å². The van der Waals surface area contributed by atoms with Crippen LogP contribution in [0.25, 0.3) is 11.1 Å². The maximum Gasteiger partial charge on any atom is 0.298 e. The molecule has 3 heterocycles. The molecular weight excluding hydrogens is 378 g/mol. The first-order chi connectivity index (χ1) is 12.4. The Labute approximate surface area is 156 Å². The Morgan fingerprint density at radius 1 is 1.27 bits per heavy atom. The Bertz CT molecular complexity index is 935. The summed E-state index contributed by atoms with van der Waals surface area (Å²) < 4.78 is 28.8. The molecule has 1 aromatic heterocycles. The van der Waals surface area contributed by atoms with Crippen LogP contribution in [0.3, 0.4) is 0 Å². The molecule has 0 saturated carbocycles. The molecule has 4 rings (SSSR count). The van der Waals surface area contributed by atoms with E-state index in [9.17, 15) is 13.2 Å². The van der Waals surface area contributed by atoms with Gasteiger partial charge in [-0.3, -0.25) is 4.79 Å². The number of fused-ring (bicyclic) bond motifs is 1. The van der Waals surface area contributed by atoms with Crippen LogP contribution in [-0.2, 0) is 14.6 Å². The number of rotatable bonds is 3. The van der Waals surface area contributed by atoms with E-state index in [4.69, 9.17) is 16.0 Å². The summed E-state index contributed by atoms with van der Waals surface area (Å²) in [4.78, 5) is 18.9. The standard InChI is InChI=1S/C17H20ClN3O4S/c18-12-1-2-14-15(9-12)25-17(20-14)21-6-3-11(4-7-21)16(22)19-13-5-8-26(23,24)10-13/h1-2,9,11,13H,3-8,10H2,(H,19,22). The van der Waals surface area contributed by atoms with Crippen LogP contribution in [0.2, 0.25) is 5.02 Å². The fraction of sp³-hybridized carbons (Fsp3) is 0.529. The Morgan fingerprint density at radius 3 is 2.73 bits per heavy atom. The molecule has 1 amide bonds. The SMILES string of the molecule is O=C(NC1CCS(=O)(=O)C1)C1CCN(c2nc3ccc(Cl)cc3o2)CC1. The summed E-state index contributed by atoms with van der Waals surface area (Å²) in [6.45, 7) is 1.34.